The van der Waals surface area contributed by atoms with Crippen molar-refractivity contribution in [3.8, 4) is 5.75 Å². The van der Waals surface area contributed by atoms with Gasteiger partial charge in [-0.3, -0.25) is 5.32 Å². The fraction of sp³-hybridized carbons (Fsp3) is 0.435. The van der Waals surface area contributed by atoms with Crippen LogP contribution in [0.5, 0.6) is 5.75 Å². The van der Waals surface area contributed by atoms with Crippen molar-refractivity contribution < 1.29 is 14.6 Å². The number of aromatic carboxylic acids is 1. The summed E-state index contributed by atoms with van der Waals surface area (Å²) in [6.45, 7) is 4.46. The lowest BCUT2D eigenvalue weighted by molar-refractivity contribution is 0.0693. The summed E-state index contributed by atoms with van der Waals surface area (Å²) in [6.07, 6.45) is 4.46. The molecule has 2 atom stereocenters. The van der Waals surface area contributed by atoms with Gasteiger partial charge in [0, 0.05) is 16.2 Å². The molecule has 5 heteroatoms. The molecule has 1 aliphatic rings. The normalized spacial score (nSPS) is 21.6. The van der Waals surface area contributed by atoms with Crippen molar-refractivity contribution in [1.82, 2.24) is 5.32 Å². The minimum absolute atomic E-state index is 0.000231. The van der Waals surface area contributed by atoms with Crippen molar-refractivity contribution >= 4 is 17.7 Å². The number of benzene rings is 2. The van der Waals surface area contributed by atoms with Gasteiger partial charge < -0.3 is 9.84 Å². The van der Waals surface area contributed by atoms with Crippen molar-refractivity contribution in [1.29, 1.82) is 0 Å². The van der Waals surface area contributed by atoms with Crippen LogP contribution in [0, 0.1) is 0 Å². The van der Waals surface area contributed by atoms with Crippen LogP contribution < -0.4 is 10.1 Å². The molecular formula is C23H29NO3S. The molecular weight excluding hydrogens is 370 g/mol. The quantitative estimate of drug-likeness (QED) is 0.642. The molecule has 0 spiro atoms. The Labute approximate surface area is 171 Å². The highest BCUT2D eigenvalue weighted by Gasteiger charge is 2.36. The predicted octanol–water partition coefficient (Wildman–Crippen LogP) is 5.52. The lowest BCUT2D eigenvalue weighted by Crippen LogP contribution is -2.48. The number of thioether (sulfide) groups is 1. The van der Waals surface area contributed by atoms with Gasteiger partial charge in [0.15, 0.2) is 0 Å². The third kappa shape index (κ3) is 4.20. The molecule has 0 fully saturated rings. The number of carbonyl (C=O) groups is 1. The molecule has 0 aromatic heterocycles. The van der Waals surface area contributed by atoms with Crippen LogP contribution in [0.4, 0.5) is 0 Å². The SMILES string of the molecule is CCCC[C@]1(CC)CSc2cc(C(=O)O)c(OC)cc2[C@@H](c2ccccc2)N1. The van der Waals surface area contributed by atoms with Crippen molar-refractivity contribution in [2.24, 2.45) is 0 Å². The molecule has 0 aliphatic carbocycles. The van der Waals surface area contributed by atoms with E-state index in [4.69, 9.17) is 4.74 Å². The summed E-state index contributed by atoms with van der Waals surface area (Å²) in [4.78, 5) is 12.7. The third-order valence-electron chi connectivity index (χ3n) is 5.65. The van der Waals surface area contributed by atoms with Crippen molar-refractivity contribution in [3.05, 3.63) is 59.2 Å². The lowest BCUT2D eigenvalue weighted by Gasteiger charge is -2.36. The van der Waals surface area contributed by atoms with Gasteiger partial charge >= 0.3 is 5.97 Å². The number of carboxylic acids is 1. The highest BCUT2D eigenvalue weighted by Crippen LogP contribution is 2.43. The number of rotatable bonds is 7. The zero-order valence-electron chi connectivity index (χ0n) is 16.8. The average molecular weight is 400 g/mol. The summed E-state index contributed by atoms with van der Waals surface area (Å²) in [5.74, 6) is 0.374. The second-order valence-electron chi connectivity index (χ2n) is 7.41. The number of ether oxygens (including phenoxy) is 1. The van der Waals surface area contributed by atoms with Crippen LogP contribution in [0.15, 0.2) is 47.4 Å². The molecule has 0 unspecified atom stereocenters. The van der Waals surface area contributed by atoms with Gasteiger partial charge in [-0.2, -0.15) is 0 Å². The molecule has 1 aliphatic heterocycles. The van der Waals surface area contributed by atoms with Crippen LogP contribution >= 0.6 is 11.8 Å². The Morgan fingerprint density at radius 1 is 1.29 bits per heavy atom. The number of hydrogen-bond acceptors (Lipinski definition) is 4. The molecule has 4 nitrogen and oxygen atoms in total. The number of unbranched alkanes of at least 4 members (excludes halogenated alkanes) is 1. The summed E-state index contributed by atoms with van der Waals surface area (Å²) in [5, 5.41) is 13.6. The van der Waals surface area contributed by atoms with Crippen LogP contribution in [-0.4, -0.2) is 29.5 Å². The molecule has 0 saturated carbocycles. The van der Waals surface area contributed by atoms with Gasteiger partial charge in [-0.25, -0.2) is 4.79 Å². The number of nitrogens with one attached hydrogen (secondary N) is 1. The number of carboxylic acid groups (broad SMARTS) is 1. The van der Waals surface area contributed by atoms with E-state index in [2.05, 4.69) is 43.4 Å². The molecule has 28 heavy (non-hydrogen) atoms. The van der Waals surface area contributed by atoms with E-state index in [1.165, 1.54) is 19.1 Å². The third-order valence-corrected chi connectivity index (χ3v) is 7.01. The van der Waals surface area contributed by atoms with Crippen molar-refractivity contribution in [3.63, 3.8) is 0 Å². The molecule has 0 bridgehead atoms. The molecule has 0 amide bonds. The van der Waals surface area contributed by atoms with E-state index in [1.807, 2.05) is 12.1 Å². The fourth-order valence-corrected chi connectivity index (χ4v) is 5.26. The van der Waals surface area contributed by atoms with Crippen LogP contribution in [0.1, 0.15) is 67.1 Å². The van der Waals surface area contributed by atoms with Gasteiger partial charge in [-0.1, -0.05) is 57.0 Å². The maximum Gasteiger partial charge on any atom is 0.339 e. The summed E-state index contributed by atoms with van der Waals surface area (Å²) in [7, 11) is 1.53. The van der Waals surface area contributed by atoms with E-state index in [1.54, 1.807) is 17.8 Å². The van der Waals surface area contributed by atoms with Crippen molar-refractivity contribution in [2.45, 2.75) is 56.0 Å². The van der Waals surface area contributed by atoms with E-state index in [9.17, 15) is 9.90 Å². The van der Waals surface area contributed by atoms with Crippen molar-refractivity contribution in [2.75, 3.05) is 12.9 Å². The smallest absolute Gasteiger partial charge is 0.339 e. The Morgan fingerprint density at radius 3 is 2.64 bits per heavy atom. The summed E-state index contributed by atoms with van der Waals surface area (Å²) in [5.41, 5.74) is 2.50. The largest absolute Gasteiger partial charge is 0.496 e. The monoisotopic (exact) mass is 399 g/mol. The maximum absolute atomic E-state index is 11.7. The Balaban J connectivity index is 2.14. The zero-order chi connectivity index (χ0) is 20.1. The molecule has 3 rings (SSSR count). The van der Waals surface area contributed by atoms with Gasteiger partial charge in [-0.15, -0.1) is 11.8 Å². The molecule has 150 valence electrons. The highest BCUT2D eigenvalue weighted by atomic mass is 32.2. The maximum atomic E-state index is 11.7. The minimum atomic E-state index is -0.957. The van der Waals surface area contributed by atoms with Gasteiger partial charge in [0.2, 0.25) is 0 Å². The molecule has 1 heterocycles. The summed E-state index contributed by atoms with van der Waals surface area (Å²) in [6, 6.07) is 14.1. The van der Waals surface area contributed by atoms with E-state index >= 15 is 0 Å². The predicted molar refractivity (Wildman–Crippen MR) is 115 cm³/mol. The van der Waals surface area contributed by atoms with Crippen LogP contribution in [-0.2, 0) is 0 Å². The number of fused-ring (bicyclic) bond motifs is 1. The fourth-order valence-electron chi connectivity index (χ4n) is 3.85. The average Bonchev–Trinajstić information content (AvgIpc) is 2.89. The van der Waals surface area contributed by atoms with Gasteiger partial charge in [0.05, 0.1) is 13.2 Å². The molecule has 0 radical (unpaired) electrons. The first-order valence-electron chi connectivity index (χ1n) is 9.94. The molecule has 0 saturated heterocycles. The van der Waals surface area contributed by atoms with Crippen LogP contribution in [0.2, 0.25) is 0 Å². The summed E-state index contributed by atoms with van der Waals surface area (Å²) >= 11 is 1.76. The lowest BCUT2D eigenvalue weighted by atomic mass is 9.88. The Bertz CT molecular complexity index is 824. The van der Waals surface area contributed by atoms with Gasteiger partial charge in [0.1, 0.15) is 11.3 Å². The van der Waals surface area contributed by atoms with Gasteiger partial charge in [-0.05, 0) is 36.1 Å². The topological polar surface area (TPSA) is 58.6 Å². The van der Waals surface area contributed by atoms with Crippen LogP contribution in [0.25, 0.3) is 0 Å². The Morgan fingerprint density at radius 2 is 2.04 bits per heavy atom. The van der Waals surface area contributed by atoms with Gasteiger partial charge in [0.25, 0.3) is 0 Å². The first-order chi connectivity index (χ1) is 13.5. The standard InChI is InChI=1S/C23H29NO3S/c1-4-6-12-23(5-2)15-28-20-14-17(22(25)26)19(27-3)13-18(20)21(24-23)16-10-8-7-9-11-16/h7-11,13-14,21,24H,4-6,12,15H2,1-3H3,(H,25,26)/t21-,23-/m1/s1. The Kier molecular flexibility index (Phi) is 6.68. The van der Waals surface area contributed by atoms with Crippen LogP contribution in [0.3, 0.4) is 0 Å². The Hall–Kier alpha value is -1.98. The first-order valence-corrected chi connectivity index (χ1v) is 10.9. The van der Waals surface area contributed by atoms with E-state index in [0.29, 0.717) is 5.75 Å². The summed E-state index contributed by atoms with van der Waals surface area (Å²) < 4.78 is 5.42. The second-order valence-corrected chi connectivity index (χ2v) is 8.43. The highest BCUT2D eigenvalue weighted by molar-refractivity contribution is 7.99. The van der Waals surface area contributed by atoms with E-state index in [-0.39, 0.29) is 17.1 Å². The molecule has 2 N–H and O–H groups in total. The van der Waals surface area contributed by atoms with E-state index in [0.717, 1.165) is 35.5 Å². The molecule has 2 aromatic rings. The first kappa shape index (κ1) is 20.7. The number of methoxy groups -OCH3 is 1. The second kappa shape index (κ2) is 9.01. The minimum Gasteiger partial charge on any atom is -0.496 e. The number of hydrogen-bond donors (Lipinski definition) is 2. The zero-order valence-corrected chi connectivity index (χ0v) is 17.6. The van der Waals surface area contributed by atoms with E-state index < -0.39 is 5.97 Å². The molecule has 2 aromatic carbocycles.